The Balaban J connectivity index is 2.03. The predicted molar refractivity (Wildman–Crippen MR) is 86.8 cm³/mol. The molecular weight excluding hydrogens is 353 g/mol. The van der Waals surface area contributed by atoms with Gasteiger partial charge in [0.1, 0.15) is 12.3 Å². The smallest absolute Gasteiger partial charge is 0.405 e. The van der Waals surface area contributed by atoms with E-state index < -0.39 is 30.0 Å². The molecule has 2 amide bonds. The largest absolute Gasteiger partial charge is 0.497 e. The lowest BCUT2D eigenvalue weighted by Crippen LogP contribution is -2.49. The highest BCUT2D eigenvalue weighted by atomic mass is 19.4. The number of hydrogen-bond donors (Lipinski definition) is 2. The molecule has 0 aromatic heterocycles. The Morgan fingerprint density at radius 1 is 1.12 bits per heavy atom. The van der Waals surface area contributed by atoms with Gasteiger partial charge in [-0.1, -0.05) is 12.1 Å². The van der Waals surface area contributed by atoms with Crippen LogP contribution in [0.25, 0.3) is 0 Å². The number of benzene rings is 1. The molecule has 1 aromatic carbocycles. The van der Waals surface area contributed by atoms with Crippen LogP contribution in [0.1, 0.15) is 18.4 Å². The molecule has 144 valence electrons. The summed E-state index contributed by atoms with van der Waals surface area (Å²) in [7, 11) is 1.55. The van der Waals surface area contributed by atoms with Gasteiger partial charge in [-0.05, 0) is 30.5 Å². The number of alkyl halides is 3. The molecule has 0 atom stereocenters. The minimum absolute atomic E-state index is 0.126. The maximum atomic E-state index is 12.1. The minimum Gasteiger partial charge on any atom is -0.497 e. The van der Waals surface area contributed by atoms with E-state index in [2.05, 4.69) is 5.32 Å². The third-order valence-corrected chi connectivity index (χ3v) is 4.40. The standard InChI is InChI=1S/C17H21F3N2O4/c1-25-13-4-2-12(3-5-13)16(6-8-26-9-7-16)10-21-14(23)15(24)22-11-17(18,19)20/h2-5H,6-11H2,1H3,(H,21,23)(H,22,24). The van der Waals surface area contributed by atoms with E-state index in [1.54, 1.807) is 24.6 Å². The van der Waals surface area contributed by atoms with Crippen molar-refractivity contribution in [2.24, 2.45) is 0 Å². The summed E-state index contributed by atoms with van der Waals surface area (Å²) in [5, 5.41) is 4.01. The number of hydrogen-bond acceptors (Lipinski definition) is 4. The van der Waals surface area contributed by atoms with Crippen LogP contribution in [0.15, 0.2) is 24.3 Å². The van der Waals surface area contributed by atoms with Crippen LogP contribution in [0.3, 0.4) is 0 Å². The quantitative estimate of drug-likeness (QED) is 0.767. The monoisotopic (exact) mass is 374 g/mol. The van der Waals surface area contributed by atoms with Crippen LogP contribution in [-0.4, -0.2) is 51.4 Å². The molecule has 0 saturated carbocycles. The highest BCUT2D eigenvalue weighted by Gasteiger charge is 2.36. The van der Waals surface area contributed by atoms with Crippen molar-refractivity contribution in [3.63, 3.8) is 0 Å². The highest BCUT2D eigenvalue weighted by Crippen LogP contribution is 2.35. The number of nitrogens with one attached hydrogen (secondary N) is 2. The van der Waals surface area contributed by atoms with E-state index in [4.69, 9.17) is 9.47 Å². The Morgan fingerprint density at radius 2 is 1.69 bits per heavy atom. The lowest BCUT2D eigenvalue weighted by Gasteiger charge is -2.38. The number of carbonyl (C=O) groups excluding carboxylic acids is 2. The van der Waals surface area contributed by atoms with Gasteiger partial charge >= 0.3 is 18.0 Å². The van der Waals surface area contributed by atoms with Crippen molar-refractivity contribution < 1.29 is 32.2 Å². The SMILES string of the molecule is COc1ccc(C2(CNC(=O)C(=O)NCC(F)(F)F)CCOCC2)cc1. The molecule has 0 unspecified atom stereocenters. The molecule has 0 radical (unpaired) electrons. The van der Waals surface area contributed by atoms with Crippen molar-refractivity contribution in [3.05, 3.63) is 29.8 Å². The second-order valence-corrected chi connectivity index (χ2v) is 6.10. The third-order valence-electron chi connectivity index (χ3n) is 4.40. The van der Waals surface area contributed by atoms with E-state index in [0.29, 0.717) is 31.8 Å². The van der Waals surface area contributed by atoms with Crippen molar-refractivity contribution >= 4 is 11.8 Å². The van der Waals surface area contributed by atoms with Crippen molar-refractivity contribution in [2.45, 2.75) is 24.4 Å². The first-order chi connectivity index (χ1) is 12.3. The molecule has 9 heteroatoms. The van der Waals surface area contributed by atoms with Gasteiger partial charge in [-0.3, -0.25) is 9.59 Å². The molecule has 2 N–H and O–H groups in total. The summed E-state index contributed by atoms with van der Waals surface area (Å²) in [6.07, 6.45) is -3.34. The van der Waals surface area contributed by atoms with Crippen LogP contribution in [0.2, 0.25) is 0 Å². The van der Waals surface area contributed by atoms with Crippen LogP contribution in [0.5, 0.6) is 5.75 Å². The maximum Gasteiger partial charge on any atom is 0.405 e. The van der Waals surface area contributed by atoms with Gasteiger partial charge < -0.3 is 20.1 Å². The van der Waals surface area contributed by atoms with E-state index in [-0.39, 0.29) is 6.54 Å². The highest BCUT2D eigenvalue weighted by molar-refractivity contribution is 6.35. The Morgan fingerprint density at radius 3 is 2.23 bits per heavy atom. The Hall–Kier alpha value is -2.29. The van der Waals surface area contributed by atoms with E-state index in [1.807, 2.05) is 12.1 Å². The molecule has 1 aliphatic rings. The summed E-state index contributed by atoms with van der Waals surface area (Å²) in [4.78, 5) is 23.4. The second-order valence-electron chi connectivity index (χ2n) is 6.10. The fourth-order valence-electron chi connectivity index (χ4n) is 2.86. The molecule has 0 spiro atoms. The van der Waals surface area contributed by atoms with E-state index in [1.165, 1.54) is 0 Å². The first-order valence-corrected chi connectivity index (χ1v) is 8.11. The van der Waals surface area contributed by atoms with Crippen LogP contribution in [0, 0.1) is 0 Å². The predicted octanol–water partition coefficient (Wildman–Crippen LogP) is 1.54. The summed E-state index contributed by atoms with van der Waals surface area (Å²) >= 11 is 0. The molecule has 0 bridgehead atoms. The van der Waals surface area contributed by atoms with Gasteiger partial charge in [-0.15, -0.1) is 0 Å². The fraction of sp³-hybridized carbons (Fsp3) is 0.529. The average Bonchev–Trinajstić information content (AvgIpc) is 2.64. The van der Waals surface area contributed by atoms with Gasteiger partial charge in [0.25, 0.3) is 0 Å². The van der Waals surface area contributed by atoms with Gasteiger partial charge in [-0.25, -0.2) is 0 Å². The second kappa shape index (κ2) is 8.39. The molecule has 1 heterocycles. The first kappa shape index (κ1) is 20.0. The topological polar surface area (TPSA) is 76.7 Å². The summed E-state index contributed by atoms with van der Waals surface area (Å²) in [6, 6.07) is 7.34. The van der Waals surface area contributed by atoms with E-state index in [0.717, 1.165) is 5.56 Å². The van der Waals surface area contributed by atoms with Gasteiger partial charge in [0.2, 0.25) is 0 Å². The first-order valence-electron chi connectivity index (χ1n) is 8.11. The molecule has 6 nitrogen and oxygen atoms in total. The van der Waals surface area contributed by atoms with Gasteiger partial charge in [0.15, 0.2) is 0 Å². The molecule has 2 rings (SSSR count). The van der Waals surface area contributed by atoms with Crippen molar-refractivity contribution in [3.8, 4) is 5.75 Å². The Kier molecular flexibility index (Phi) is 6.47. The fourth-order valence-corrected chi connectivity index (χ4v) is 2.86. The third kappa shape index (κ3) is 5.35. The van der Waals surface area contributed by atoms with Crippen molar-refractivity contribution in [1.82, 2.24) is 10.6 Å². The minimum atomic E-state index is -4.57. The molecule has 0 aliphatic carbocycles. The Bertz CT molecular complexity index is 626. The molecule has 1 saturated heterocycles. The van der Waals surface area contributed by atoms with Gasteiger partial charge in [0, 0.05) is 25.2 Å². The zero-order chi connectivity index (χ0) is 19.2. The molecule has 1 fully saturated rings. The van der Waals surface area contributed by atoms with Crippen molar-refractivity contribution in [2.75, 3.05) is 33.4 Å². The van der Waals surface area contributed by atoms with Gasteiger partial charge in [-0.2, -0.15) is 13.2 Å². The summed E-state index contributed by atoms with van der Waals surface area (Å²) in [5.41, 5.74) is 0.488. The van der Waals surface area contributed by atoms with E-state index >= 15 is 0 Å². The summed E-state index contributed by atoms with van der Waals surface area (Å²) in [6.45, 7) is -0.442. The average molecular weight is 374 g/mol. The molecule has 1 aliphatic heterocycles. The summed E-state index contributed by atoms with van der Waals surface area (Å²) in [5.74, 6) is -1.71. The lowest BCUT2D eigenvalue weighted by molar-refractivity contribution is -0.146. The number of amides is 2. The normalized spacial score (nSPS) is 16.6. The van der Waals surface area contributed by atoms with E-state index in [9.17, 15) is 22.8 Å². The van der Waals surface area contributed by atoms with Crippen LogP contribution in [-0.2, 0) is 19.7 Å². The number of halogens is 3. The van der Waals surface area contributed by atoms with Gasteiger partial charge in [0.05, 0.1) is 7.11 Å². The number of carbonyl (C=O) groups is 2. The van der Waals surface area contributed by atoms with Crippen LogP contribution < -0.4 is 15.4 Å². The maximum absolute atomic E-state index is 12.1. The van der Waals surface area contributed by atoms with Crippen LogP contribution in [0.4, 0.5) is 13.2 Å². The number of rotatable bonds is 5. The molecule has 1 aromatic rings. The molecular formula is C17H21F3N2O4. The summed E-state index contributed by atoms with van der Waals surface area (Å²) < 4.78 is 46.9. The number of methoxy groups -OCH3 is 1. The molecule has 26 heavy (non-hydrogen) atoms. The van der Waals surface area contributed by atoms with Crippen molar-refractivity contribution in [1.29, 1.82) is 0 Å². The lowest BCUT2D eigenvalue weighted by atomic mass is 9.74. The zero-order valence-electron chi connectivity index (χ0n) is 14.3. The Labute approximate surface area is 149 Å². The zero-order valence-corrected chi connectivity index (χ0v) is 14.3. The van der Waals surface area contributed by atoms with Crippen LogP contribution >= 0.6 is 0 Å². The number of ether oxygens (including phenoxy) is 2.